The summed E-state index contributed by atoms with van der Waals surface area (Å²) in [7, 11) is 7.71. The molecule has 7 nitrogen and oxygen atoms in total. The zero-order chi connectivity index (χ0) is 19.7. The third-order valence-corrected chi connectivity index (χ3v) is 6.03. The fraction of sp³-hybridized carbons (Fsp3) is 0.900. The molecule has 2 fully saturated rings. The van der Waals surface area contributed by atoms with Crippen molar-refractivity contribution in [2.24, 2.45) is 10.4 Å². The number of halogens is 1. The van der Waals surface area contributed by atoms with Gasteiger partial charge in [-0.05, 0) is 39.3 Å². The van der Waals surface area contributed by atoms with Gasteiger partial charge in [-0.1, -0.05) is 12.8 Å². The fourth-order valence-electron chi connectivity index (χ4n) is 4.20. The minimum Gasteiger partial charge on any atom is -0.356 e. The predicted octanol–water partition coefficient (Wildman–Crippen LogP) is 1.45. The number of likely N-dealkylation sites (N-methyl/N-ethyl adjacent to an activating group) is 1. The molecule has 2 aliphatic rings. The van der Waals surface area contributed by atoms with Gasteiger partial charge >= 0.3 is 0 Å². The van der Waals surface area contributed by atoms with Crippen LogP contribution in [0.2, 0.25) is 0 Å². The number of amides is 1. The summed E-state index contributed by atoms with van der Waals surface area (Å²) in [4.78, 5) is 23.7. The molecular formula is C20H41IN6O. The molecule has 1 aliphatic heterocycles. The number of unbranched alkanes of at least 4 members (excludes halogenated alkanes) is 1. The molecule has 0 aromatic carbocycles. The van der Waals surface area contributed by atoms with E-state index >= 15 is 0 Å². The van der Waals surface area contributed by atoms with Crippen LogP contribution in [-0.2, 0) is 4.79 Å². The van der Waals surface area contributed by atoms with Gasteiger partial charge in [0.1, 0.15) is 0 Å². The minimum absolute atomic E-state index is 0. The quantitative estimate of drug-likeness (QED) is 0.225. The van der Waals surface area contributed by atoms with Gasteiger partial charge in [0.15, 0.2) is 5.96 Å². The smallest absolute Gasteiger partial charge is 0.230 e. The van der Waals surface area contributed by atoms with E-state index < -0.39 is 0 Å². The largest absolute Gasteiger partial charge is 0.356 e. The second kappa shape index (κ2) is 12.8. The molecule has 1 amide bonds. The molecule has 1 saturated heterocycles. The van der Waals surface area contributed by atoms with Gasteiger partial charge in [-0.3, -0.25) is 9.79 Å². The van der Waals surface area contributed by atoms with E-state index in [1.165, 1.54) is 39.1 Å². The number of carbonyl (C=O) groups excluding carboxylic acids is 1. The molecule has 1 saturated carbocycles. The average molecular weight is 508 g/mol. The van der Waals surface area contributed by atoms with Gasteiger partial charge < -0.3 is 25.3 Å². The molecule has 0 aromatic heterocycles. The molecule has 0 spiro atoms. The number of nitrogens with zero attached hydrogens (tertiary/aromatic N) is 4. The maximum Gasteiger partial charge on any atom is 0.230 e. The van der Waals surface area contributed by atoms with Crippen LogP contribution in [0, 0.1) is 5.41 Å². The molecule has 0 radical (unpaired) electrons. The van der Waals surface area contributed by atoms with Gasteiger partial charge in [-0.25, -0.2) is 0 Å². The van der Waals surface area contributed by atoms with Crippen molar-refractivity contribution < 1.29 is 4.79 Å². The van der Waals surface area contributed by atoms with Crippen molar-refractivity contribution in [2.45, 2.75) is 38.5 Å². The maximum atomic E-state index is 12.7. The second-order valence-electron chi connectivity index (χ2n) is 8.39. The Hall–Kier alpha value is -0.610. The van der Waals surface area contributed by atoms with Gasteiger partial charge in [0.25, 0.3) is 0 Å². The Morgan fingerprint density at radius 1 is 1.07 bits per heavy atom. The summed E-state index contributed by atoms with van der Waals surface area (Å²) in [5, 5.41) is 6.82. The number of hydrogen-bond acceptors (Lipinski definition) is 4. The summed E-state index contributed by atoms with van der Waals surface area (Å²) >= 11 is 0. The monoisotopic (exact) mass is 508 g/mol. The number of nitrogens with one attached hydrogen (secondary N) is 2. The van der Waals surface area contributed by atoms with Crippen LogP contribution in [0.1, 0.15) is 38.5 Å². The third-order valence-electron chi connectivity index (χ3n) is 6.03. The lowest BCUT2D eigenvalue weighted by Gasteiger charge is -2.32. The van der Waals surface area contributed by atoms with E-state index in [-0.39, 0.29) is 35.3 Å². The molecule has 2 N–H and O–H groups in total. The van der Waals surface area contributed by atoms with Crippen LogP contribution in [0.15, 0.2) is 4.99 Å². The number of carbonyl (C=O) groups is 1. The summed E-state index contributed by atoms with van der Waals surface area (Å²) in [6.45, 7) is 7.52. The highest BCUT2D eigenvalue weighted by atomic mass is 127. The number of hydrogen-bond donors (Lipinski definition) is 2. The van der Waals surface area contributed by atoms with Crippen molar-refractivity contribution in [3.8, 4) is 0 Å². The Labute approximate surface area is 188 Å². The van der Waals surface area contributed by atoms with E-state index in [1.54, 1.807) is 11.9 Å². The highest BCUT2D eigenvalue weighted by Crippen LogP contribution is 2.38. The van der Waals surface area contributed by atoms with Crippen LogP contribution < -0.4 is 10.6 Å². The fourth-order valence-corrected chi connectivity index (χ4v) is 4.20. The van der Waals surface area contributed by atoms with Gasteiger partial charge in [-0.15, -0.1) is 24.0 Å². The lowest BCUT2D eigenvalue weighted by atomic mass is 9.84. The minimum atomic E-state index is -0.261. The predicted molar refractivity (Wildman–Crippen MR) is 128 cm³/mol. The SMILES string of the molecule is CN=C(NCCCCN1CCN(C)CC1)NCC1(C(=O)N(C)C)CCCC1.I. The second-order valence-corrected chi connectivity index (χ2v) is 8.39. The Bertz CT molecular complexity index is 485. The molecule has 0 bridgehead atoms. The van der Waals surface area contributed by atoms with Gasteiger partial charge in [0.05, 0.1) is 5.41 Å². The van der Waals surface area contributed by atoms with Crippen LogP contribution in [0.4, 0.5) is 0 Å². The Balaban J connectivity index is 0.00000392. The number of rotatable bonds is 8. The normalized spacial score (nSPS) is 20.5. The molecule has 164 valence electrons. The summed E-state index contributed by atoms with van der Waals surface area (Å²) in [6.07, 6.45) is 6.56. The molecule has 1 aliphatic carbocycles. The summed E-state index contributed by atoms with van der Waals surface area (Å²) in [6, 6.07) is 0. The number of piperazine rings is 1. The van der Waals surface area contributed by atoms with Crippen molar-refractivity contribution in [3.63, 3.8) is 0 Å². The summed E-state index contributed by atoms with van der Waals surface area (Å²) in [5.74, 6) is 1.06. The van der Waals surface area contributed by atoms with Crippen molar-refractivity contribution >= 4 is 35.8 Å². The first-order valence-corrected chi connectivity index (χ1v) is 10.5. The molecule has 1 heterocycles. The first-order chi connectivity index (χ1) is 13.0. The highest BCUT2D eigenvalue weighted by molar-refractivity contribution is 14.0. The lowest BCUT2D eigenvalue weighted by molar-refractivity contribution is -0.138. The molecule has 0 unspecified atom stereocenters. The van der Waals surface area contributed by atoms with E-state index in [1.807, 2.05) is 14.1 Å². The van der Waals surface area contributed by atoms with E-state index in [2.05, 4.69) is 32.5 Å². The van der Waals surface area contributed by atoms with E-state index in [4.69, 9.17) is 0 Å². The van der Waals surface area contributed by atoms with E-state index in [0.717, 1.165) is 44.6 Å². The van der Waals surface area contributed by atoms with Crippen molar-refractivity contribution in [3.05, 3.63) is 0 Å². The van der Waals surface area contributed by atoms with Gasteiger partial charge in [-0.2, -0.15) is 0 Å². The van der Waals surface area contributed by atoms with Crippen LogP contribution in [0.3, 0.4) is 0 Å². The van der Waals surface area contributed by atoms with Crippen LogP contribution >= 0.6 is 24.0 Å². The average Bonchev–Trinajstić information content (AvgIpc) is 3.14. The third kappa shape index (κ3) is 7.67. The zero-order valence-electron chi connectivity index (χ0n) is 18.3. The first-order valence-electron chi connectivity index (χ1n) is 10.5. The van der Waals surface area contributed by atoms with E-state index in [0.29, 0.717) is 6.54 Å². The van der Waals surface area contributed by atoms with E-state index in [9.17, 15) is 4.79 Å². The van der Waals surface area contributed by atoms with Crippen molar-refractivity contribution in [2.75, 3.05) is 74.0 Å². The van der Waals surface area contributed by atoms with Gasteiger partial charge in [0.2, 0.25) is 5.91 Å². The van der Waals surface area contributed by atoms with Crippen LogP contribution in [0.5, 0.6) is 0 Å². The van der Waals surface area contributed by atoms with Crippen molar-refractivity contribution in [1.29, 1.82) is 0 Å². The standard InChI is InChI=1S/C20H40N6O.HI/c1-21-19(22-11-7-8-12-26-15-13-25(4)14-16-26)23-17-20(9-5-6-10-20)18(27)24(2)3;/h5-17H2,1-4H3,(H2,21,22,23);1H. The molecular weight excluding hydrogens is 467 g/mol. The van der Waals surface area contributed by atoms with Crippen molar-refractivity contribution in [1.82, 2.24) is 25.3 Å². The van der Waals surface area contributed by atoms with Crippen LogP contribution in [0.25, 0.3) is 0 Å². The zero-order valence-corrected chi connectivity index (χ0v) is 20.6. The first kappa shape index (κ1) is 25.4. The Morgan fingerprint density at radius 2 is 1.71 bits per heavy atom. The molecule has 28 heavy (non-hydrogen) atoms. The topological polar surface area (TPSA) is 63.2 Å². The number of guanidine groups is 1. The molecule has 0 atom stereocenters. The molecule has 0 aromatic rings. The summed E-state index contributed by atoms with van der Waals surface area (Å²) < 4.78 is 0. The molecule has 8 heteroatoms. The number of aliphatic imine (C=N–C) groups is 1. The summed E-state index contributed by atoms with van der Waals surface area (Å²) in [5.41, 5.74) is -0.261. The lowest BCUT2D eigenvalue weighted by Crippen LogP contribution is -2.49. The Morgan fingerprint density at radius 3 is 2.29 bits per heavy atom. The molecule has 2 rings (SSSR count). The van der Waals surface area contributed by atoms with Gasteiger partial charge in [0, 0.05) is 60.4 Å². The Kier molecular flexibility index (Phi) is 11.7. The van der Waals surface area contributed by atoms with Crippen LogP contribution in [-0.4, -0.2) is 101 Å². The highest BCUT2D eigenvalue weighted by Gasteiger charge is 2.42. The maximum absolute atomic E-state index is 12.7.